The molecule has 2 aliphatic rings. The van der Waals surface area contributed by atoms with Gasteiger partial charge in [0.15, 0.2) is 0 Å². The number of benzene rings is 3. The topological polar surface area (TPSA) is 213 Å². The van der Waals surface area contributed by atoms with E-state index in [-0.39, 0.29) is 59.2 Å². The highest BCUT2D eigenvalue weighted by Gasteiger charge is 2.35. The Morgan fingerprint density at radius 1 is 0.958 bits per heavy atom. The second-order valence-corrected chi connectivity index (χ2v) is 14.3. The lowest BCUT2D eigenvalue weighted by Crippen LogP contribution is -2.53. The third kappa shape index (κ3) is 7.15. The molecule has 4 aromatic rings. The Hall–Kier alpha value is -4.54. The predicted octanol–water partition coefficient (Wildman–Crippen LogP) is 1.79. The maximum atomic E-state index is 14.0. The van der Waals surface area contributed by atoms with Gasteiger partial charge in [0.25, 0.3) is 10.0 Å². The van der Waals surface area contributed by atoms with Gasteiger partial charge >= 0.3 is 0 Å². The molecule has 2 aliphatic heterocycles. The van der Waals surface area contributed by atoms with Crippen LogP contribution in [0.15, 0.2) is 77.7 Å². The molecule has 48 heavy (non-hydrogen) atoms. The van der Waals surface area contributed by atoms with E-state index < -0.39 is 16.1 Å². The molecule has 3 heterocycles. The van der Waals surface area contributed by atoms with E-state index in [0.29, 0.717) is 44.4 Å². The first-order chi connectivity index (χ1) is 23.0. The fraction of sp³-hybridized carbons (Fsp3) is 0.364. The number of aryl methyl sites for hydroxylation is 1. The molecule has 0 unspecified atom stereocenters. The summed E-state index contributed by atoms with van der Waals surface area (Å²) in [5, 5.41) is 24.9. The molecule has 0 spiro atoms. The number of aromatic nitrogens is 3. The van der Waals surface area contributed by atoms with Gasteiger partial charge in [-0.15, -0.1) is 0 Å². The minimum Gasteiger partial charge on any atom is -0.506 e. The lowest BCUT2D eigenvalue weighted by Gasteiger charge is -2.35. The number of phenolic OH excluding ortho intramolecular Hbond substituents is 1. The van der Waals surface area contributed by atoms with Gasteiger partial charge in [-0.25, -0.2) is 8.42 Å². The van der Waals surface area contributed by atoms with Crippen molar-refractivity contribution in [1.29, 1.82) is 0 Å². The van der Waals surface area contributed by atoms with Gasteiger partial charge in [-0.05, 0) is 49.6 Å². The fourth-order valence-corrected chi connectivity index (χ4v) is 7.64. The van der Waals surface area contributed by atoms with Crippen LogP contribution in [-0.2, 0) is 16.6 Å². The van der Waals surface area contributed by atoms with Crippen LogP contribution < -0.4 is 36.6 Å². The van der Waals surface area contributed by atoms with Crippen LogP contribution in [0.3, 0.4) is 0 Å². The van der Waals surface area contributed by atoms with E-state index in [1.54, 1.807) is 36.4 Å². The summed E-state index contributed by atoms with van der Waals surface area (Å²) in [6.07, 6.45) is 0.558. The normalized spacial score (nSPS) is 21.4. The Balaban J connectivity index is 1.35. The van der Waals surface area contributed by atoms with Gasteiger partial charge in [-0.1, -0.05) is 48.0 Å². The number of nitrogens with two attached hydrogens (primary N) is 3. The van der Waals surface area contributed by atoms with Crippen molar-refractivity contribution in [1.82, 2.24) is 15.0 Å². The monoisotopic (exact) mass is 674 g/mol. The zero-order chi connectivity index (χ0) is 34.0. The highest BCUT2D eigenvalue weighted by molar-refractivity contribution is 7.92. The van der Waals surface area contributed by atoms with E-state index in [9.17, 15) is 18.6 Å². The predicted molar refractivity (Wildman–Crippen MR) is 186 cm³/mol. The molecule has 1 aromatic heterocycles. The summed E-state index contributed by atoms with van der Waals surface area (Å²) in [4.78, 5) is 17.9. The lowest BCUT2D eigenvalue weighted by molar-refractivity contribution is 0.166. The van der Waals surface area contributed by atoms with Crippen molar-refractivity contribution >= 4 is 39.2 Å². The fourth-order valence-electron chi connectivity index (χ4n) is 6.19. The Kier molecular flexibility index (Phi) is 9.66. The van der Waals surface area contributed by atoms with Gasteiger partial charge in [0.05, 0.1) is 35.0 Å². The number of aliphatic hydroxyl groups excluding tert-OH is 1. The van der Waals surface area contributed by atoms with Crippen LogP contribution in [0.4, 0.5) is 29.2 Å². The van der Waals surface area contributed by atoms with E-state index in [2.05, 4.69) is 15.3 Å². The van der Waals surface area contributed by atoms with Gasteiger partial charge < -0.3 is 42.5 Å². The smallest absolute Gasteiger partial charge is 0.264 e. The summed E-state index contributed by atoms with van der Waals surface area (Å²) < 4.78 is 29.2. The van der Waals surface area contributed by atoms with Crippen LogP contribution in [-0.4, -0.2) is 84.0 Å². The van der Waals surface area contributed by atoms with E-state index in [0.717, 1.165) is 11.1 Å². The zero-order valence-electron chi connectivity index (χ0n) is 26.7. The second kappa shape index (κ2) is 13.9. The van der Waals surface area contributed by atoms with Gasteiger partial charge in [-0.3, -0.25) is 4.31 Å². The largest absolute Gasteiger partial charge is 0.506 e. The van der Waals surface area contributed by atoms with Crippen molar-refractivity contribution in [2.75, 3.05) is 45.6 Å². The Morgan fingerprint density at radius 3 is 2.31 bits per heavy atom. The maximum Gasteiger partial charge on any atom is 0.264 e. The summed E-state index contributed by atoms with van der Waals surface area (Å²) in [7, 11) is -4.01. The van der Waals surface area contributed by atoms with Gasteiger partial charge in [0.2, 0.25) is 17.8 Å². The van der Waals surface area contributed by atoms with Crippen molar-refractivity contribution in [3.8, 4) is 5.75 Å². The molecule has 14 nitrogen and oxygen atoms in total. The number of sulfonamides is 1. The molecular formula is C33H42N10O4S. The van der Waals surface area contributed by atoms with Crippen LogP contribution in [0.25, 0.3) is 0 Å². The number of hydrogen-bond donors (Lipinski definition) is 6. The summed E-state index contributed by atoms with van der Waals surface area (Å²) in [6.45, 7) is 3.63. The van der Waals surface area contributed by atoms with Gasteiger partial charge in [0.1, 0.15) is 5.75 Å². The number of nitrogens with one attached hydrogen (secondary N) is 1. The Labute approximate surface area is 280 Å². The molecule has 3 aromatic carbocycles. The Morgan fingerprint density at radius 2 is 1.65 bits per heavy atom. The molecule has 2 saturated heterocycles. The van der Waals surface area contributed by atoms with Gasteiger partial charge in [0, 0.05) is 44.3 Å². The molecule has 0 bridgehead atoms. The van der Waals surface area contributed by atoms with E-state index in [1.807, 2.05) is 47.1 Å². The van der Waals surface area contributed by atoms with Crippen molar-refractivity contribution in [3.05, 3.63) is 83.9 Å². The molecule has 4 atom stereocenters. The minimum atomic E-state index is -4.01. The molecule has 6 rings (SSSR count). The van der Waals surface area contributed by atoms with E-state index in [4.69, 9.17) is 22.2 Å². The quantitative estimate of drug-likeness (QED) is 0.133. The number of piperidine rings is 1. The summed E-state index contributed by atoms with van der Waals surface area (Å²) >= 11 is 0. The van der Waals surface area contributed by atoms with Gasteiger partial charge in [-0.2, -0.15) is 15.0 Å². The first-order valence-corrected chi connectivity index (χ1v) is 17.4. The number of aromatic hydroxyl groups is 1. The van der Waals surface area contributed by atoms with Crippen LogP contribution in [0, 0.1) is 6.92 Å². The zero-order valence-corrected chi connectivity index (χ0v) is 27.5. The van der Waals surface area contributed by atoms with Crippen molar-refractivity contribution in [3.63, 3.8) is 0 Å². The number of hydrogen-bond acceptors (Lipinski definition) is 13. The minimum absolute atomic E-state index is 0.0492. The molecule has 2 fully saturated rings. The number of phenols is 1. The van der Waals surface area contributed by atoms with E-state index >= 15 is 0 Å². The summed E-state index contributed by atoms with van der Waals surface area (Å²) in [6, 6.07) is 19.8. The number of aliphatic hydroxyl groups is 1. The summed E-state index contributed by atoms with van der Waals surface area (Å²) in [5.41, 5.74) is 20.8. The Bertz CT molecular complexity index is 1820. The second-order valence-electron chi connectivity index (χ2n) is 12.4. The third-order valence-electron chi connectivity index (χ3n) is 8.71. The number of anilines is 5. The standard InChI is InChI=1S/C33H42N10O4S/c1-21-7-10-26(11-8-21)48(46,47)43(18-22-5-3-2-4-6-22)25-9-12-27(30(45)16-25)37-31-38-32(41-19-23(35)15-24(36)20-41)40-33(39-31)42-14-13-29(44)28(42)17-34/h2-12,16,23-24,28-29,44-45H,13-15,17-20,34-36H2,1H3,(H,37,38,39,40)/t23-,24+,28-,29-/m1/s1. The van der Waals surface area contributed by atoms with Crippen LogP contribution in [0.2, 0.25) is 0 Å². The molecule has 9 N–H and O–H groups in total. The maximum absolute atomic E-state index is 14.0. The molecular weight excluding hydrogens is 632 g/mol. The van der Waals surface area contributed by atoms with Crippen LogP contribution in [0.1, 0.15) is 24.0 Å². The molecule has 0 radical (unpaired) electrons. The van der Waals surface area contributed by atoms with E-state index in [1.165, 1.54) is 10.4 Å². The average Bonchev–Trinajstić information content (AvgIpc) is 3.45. The number of rotatable bonds is 10. The molecule has 254 valence electrons. The number of nitrogens with zero attached hydrogens (tertiary/aromatic N) is 6. The molecule has 0 aliphatic carbocycles. The van der Waals surface area contributed by atoms with Crippen molar-refractivity contribution < 1.29 is 18.6 Å². The first-order valence-electron chi connectivity index (χ1n) is 15.9. The highest BCUT2D eigenvalue weighted by Crippen LogP contribution is 2.35. The van der Waals surface area contributed by atoms with Crippen LogP contribution >= 0.6 is 0 Å². The van der Waals surface area contributed by atoms with Crippen LogP contribution in [0.5, 0.6) is 5.75 Å². The van der Waals surface area contributed by atoms with Crippen molar-refractivity contribution in [2.45, 2.75) is 55.4 Å². The highest BCUT2D eigenvalue weighted by atomic mass is 32.2. The molecule has 15 heteroatoms. The molecule has 0 amide bonds. The van der Waals surface area contributed by atoms with Crippen molar-refractivity contribution in [2.24, 2.45) is 17.2 Å². The molecule has 0 saturated carbocycles. The average molecular weight is 675 g/mol. The lowest BCUT2D eigenvalue weighted by atomic mass is 10.0. The SMILES string of the molecule is Cc1ccc(S(=O)(=O)N(Cc2ccccc2)c2ccc(Nc3nc(N4C[C@H](N)C[C@H](N)C4)nc(N4CC[C@@H](O)[C@H]4CN)n3)c(O)c2)cc1. The summed E-state index contributed by atoms with van der Waals surface area (Å²) in [5.74, 6) is 0.583. The third-order valence-corrected chi connectivity index (χ3v) is 10.5. The first kappa shape index (κ1) is 33.4.